The predicted molar refractivity (Wildman–Crippen MR) is 41.9 cm³/mol. The zero-order chi connectivity index (χ0) is 6.41. The summed E-state index contributed by atoms with van der Waals surface area (Å²) >= 11 is 5.23. The predicted octanol–water partition coefficient (Wildman–Crippen LogP) is 2.74. The number of hydrogen-bond donors (Lipinski definition) is 0. The molecule has 0 saturated heterocycles. The Kier molecular flexibility index (Phi) is 6.99. The van der Waals surface area contributed by atoms with Crippen molar-refractivity contribution in [3.8, 4) is 0 Å². The van der Waals surface area contributed by atoms with Crippen LogP contribution in [0.25, 0.3) is 0 Å². The van der Waals surface area contributed by atoms with Gasteiger partial charge in [-0.05, 0) is 0 Å². The topological polar surface area (TPSA) is 0 Å². The molecule has 40 valence electrons. The molecule has 0 aliphatic heterocycles. The third-order valence-corrected chi connectivity index (χ3v) is 1.32. The van der Waals surface area contributed by atoms with Gasteiger partial charge in [0.15, 0.2) is 0 Å². The molecule has 0 spiro atoms. The Morgan fingerprint density at radius 3 is 2.50 bits per heavy atom. The number of rotatable bonds is 0. The number of hydrogen-bond acceptors (Lipinski definition) is 1. The molecule has 0 bridgehead atoms. The van der Waals surface area contributed by atoms with Crippen LogP contribution in [0.1, 0.15) is 5.56 Å². The summed E-state index contributed by atoms with van der Waals surface area (Å²) in [5.74, 6) is 0. The molecule has 0 fully saturated rings. The molecule has 0 aromatic carbocycles. The molecule has 1 aromatic heterocycles. The van der Waals surface area contributed by atoms with Crippen LogP contribution in [0, 0.1) is 12.3 Å². The van der Waals surface area contributed by atoms with Crippen molar-refractivity contribution in [2.24, 2.45) is 0 Å². The Balaban J connectivity index is 0.000000222. The summed E-state index contributed by atoms with van der Waals surface area (Å²) in [6, 6.07) is 2.05. The molecule has 0 unspecified atom stereocenters. The van der Waals surface area contributed by atoms with Gasteiger partial charge in [0.1, 0.15) is 0 Å². The third kappa shape index (κ3) is 3.99. The summed E-state index contributed by atoms with van der Waals surface area (Å²) in [5.41, 5.74) is 1.24. The molecule has 1 rings (SSSR count). The molecule has 0 nitrogen and oxygen atoms in total. The average molecular weight is 289 g/mol. The van der Waals surface area contributed by atoms with Crippen molar-refractivity contribution in [2.75, 3.05) is 0 Å². The van der Waals surface area contributed by atoms with Crippen LogP contribution in [-0.2, 0) is 14.8 Å². The van der Waals surface area contributed by atoms with Crippen molar-refractivity contribution in [3.05, 3.63) is 22.4 Å². The Bertz CT molecular complexity index is 116. The van der Waals surface area contributed by atoms with Crippen molar-refractivity contribution in [2.45, 2.75) is 6.92 Å². The Morgan fingerprint density at radius 1 is 1.75 bits per heavy atom. The van der Waals surface area contributed by atoms with Crippen LogP contribution in [0.4, 0.5) is 0 Å². The van der Waals surface area contributed by atoms with E-state index < -0.39 is 0 Å². The van der Waals surface area contributed by atoms with Crippen LogP contribution in [-0.4, -0.2) is 0 Å². The first-order valence-electron chi connectivity index (χ1n) is 2.08. The van der Waals surface area contributed by atoms with Crippen LogP contribution in [0.15, 0.2) is 11.4 Å². The maximum atomic E-state index is 3.04. The van der Waals surface area contributed by atoms with Gasteiger partial charge in [-0.2, -0.15) is 10.9 Å². The zero-order valence-electron chi connectivity index (χ0n) is 4.65. The Morgan fingerprint density at radius 2 is 2.38 bits per heavy atom. The van der Waals surface area contributed by atoms with Crippen LogP contribution in [0.2, 0.25) is 0 Å². The molecular formula is C5H5ISZn. The Hall–Kier alpha value is 1.05. The second kappa shape index (κ2) is 6.18. The normalized spacial score (nSPS) is 7.50. The standard InChI is InChI=1S/C5H5S.HI.Zn/c1-5-2-3-6-4-5;;/h2-3H,1H3;1H;/q-1;;+2/p-1. The van der Waals surface area contributed by atoms with E-state index in [4.69, 9.17) is 0 Å². The van der Waals surface area contributed by atoms with Crippen molar-refractivity contribution in [3.63, 3.8) is 0 Å². The van der Waals surface area contributed by atoms with E-state index in [1.807, 2.05) is 18.4 Å². The van der Waals surface area contributed by atoms with E-state index in [2.05, 4.69) is 25.1 Å². The molecule has 0 atom stereocenters. The van der Waals surface area contributed by atoms with Gasteiger partial charge in [0.2, 0.25) is 0 Å². The molecule has 0 aliphatic rings. The van der Waals surface area contributed by atoms with Gasteiger partial charge in [-0.3, -0.25) is 0 Å². The maximum absolute atomic E-state index is 3.04. The first-order valence-corrected chi connectivity index (χ1v) is 12.0. The van der Waals surface area contributed by atoms with Crippen molar-refractivity contribution in [1.82, 2.24) is 0 Å². The van der Waals surface area contributed by atoms with Gasteiger partial charge in [-0.1, -0.05) is 6.92 Å². The van der Waals surface area contributed by atoms with Crippen LogP contribution in [0.5, 0.6) is 0 Å². The summed E-state index contributed by atoms with van der Waals surface area (Å²) in [6.45, 7) is 2.04. The van der Waals surface area contributed by atoms with Crippen molar-refractivity contribution in [1.29, 1.82) is 0 Å². The van der Waals surface area contributed by atoms with Gasteiger partial charge in [-0.25, -0.2) is 6.07 Å². The van der Waals surface area contributed by atoms with Gasteiger partial charge in [0.05, 0.1) is 0 Å². The minimum atomic E-state index is 1.24. The van der Waals surface area contributed by atoms with Crippen molar-refractivity contribution >= 4 is 31.1 Å². The molecule has 1 aromatic rings. The average Bonchev–Trinajstić information content (AvgIpc) is 2.24. The van der Waals surface area contributed by atoms with Gasteiger partial charge in [-0.15, -0.1) is 5.38 Å². The number of halogens is 1. The van der Waals surface area contributed by atoms with Crippen LogP contribution in [0.3, 0.4) is 0 Å². The molecule has 1 heterocycles. The van der Waals surface area contributed by atoms with Crippen LogP contribution < -0.4 is 0 Å². The fourth-order valence-electron chi connectivity index (χ4n) is 0.297. The summed E-state index contributed by atoms with van der Waals surface area (Å²) in [5, 5.41) is 5.06. The van der Waals surface area contributed by atoms with E-state index in [-0.39, 0.29) is 0 Å². The SMILES string of the molecule is Cc1[c-]scc1.[Zn+][I]. The van der Waals surface area contributed by atoms with E-state index in [0.29, 0.717) is 0 Å². The molecule has 0 N–H and O–H groups in total. The molecule has 0 amide bonds. The molecule has 0 aliphatic carbocycles. The fourth-order valence-corrected chi connectivity index (χ4v) is 0.891. The number of aryl methyl sites for hydroxylation is 1. The number of thiophene rings is 1. The van der Waals surface area contributed by atoms with Gasteiger partial charge in [0, 0.05) is 0 Å². The van der Waals surface area contributed by atoms with Crippen LogP contribution >= 0.6 is 31.1 Å². The fraction of sp³-hybridized carbons (Fsp3) is 0.200. The van der Waals surface area contributed by atoms with E-state index >= 15 is 0 Å². The summed E-state index contributed by atoms with van der Waals surface area (Å²) < 4.78 is 0. The minimum absolute atomic E-state index is 1.24. The molecule has 0 saturated carbocycles. The summed E-state index contributed by atoms with van der Waals surface area (Å²) in [4.78, 5) is 0. The molecule has 0 radical (unpaired) electrons. The summed E-state index contributed by atoms with van der Waals surface area (Å²) in [6.07, 6.45) is 0. The van der Waals surface area contributed by atoms with E-state index in [0.717, 1.165) is 0 Å². The van der Waals surface area contributed by atoms with Gasteiger partial charge >= 0.3 is 34.5 Å². The van der Waals surface area contributed by atoms with Crippen molar-refractivity contribution < 1.29 is 14.8 Å². The third-order valence-electron chi connectivity index (χ3n) is 0.606. The Labute approximate surface area is 74.5 Å². The first-order chi connectivity index (χ1) is 3.89. The first kappa shape index (κ1) is 9.05. The summed E-state index contributed by atoms with van der Waals surface area (Å²) in [7, 11) is 0. The van der Waals surface area contributed by atoms with Gasteiger partial charge in [0.25, 0.3) is 0 Å². The van der Waals surface area contributed by atoms with Gasteiger partial charge < -0.3 is 11.3 Å². The zero-order valence-corrected chi connectivity index (χ0v) is 10.6. The quantitative estimate of drug-likeness (QED) is 0.391. The van der Waals surface area contributed by atoms with E-state index in [9.17, 15) is 0 Å². The molecular weight excluding hydrogens is 284 g/mol. The second-order valence-electron chi connectivity index (χ2n) is 1.21. The van der Waals surface area contributed by atoms with E-state index in [1.165, 1.54) is 20.4 Å². The van der Waals surface area contributed by atoms with E-state index in [1.54, 1.807) is 11.3 Å². The molecule has 8 heavy (non-hydrogen) atoms. The monoisotopic (exact) mass is 288 g/mol. The molecule has 3 heteroatoms. The second-order valence-corrected chi connectivity index (χ2v) is 1.92.